The number of fused-ring (bicyclic) bond motifs is 2. The highest BCUT2D eigenvalue weighted by Crippen LogP contribution is 2.48. The Hall–Kier alpha value is -3.29. The van der Waals surface area contributed by atoms with Crippen LogP contribution >= 0.6 is 0 Å². The van der Waals surface area contributed by atoms with Crippen molar-refractivity contribution in [2.75, 3.05) is 11.9 Å². The van der Waals surface area contributed by atoms with Crippen molar-refractivity contribution in [1.82, 2.24) is 19.8 Å². The Morgan fingerprint density at radius 1 is 1.34 bits per heavy atom. The van der Waals surface area contributed by atoms with Crippen LogP contribution in [0.25, 0.3) is 5.57 Å². The Balaban J connectivity index is 0.00000218. The van der Waals surface area contributed by atoms with Crippen molar-refractivity contribution < 1.29 is 15.4 Å². The van der Waals surface area contributed by atoms with Crippen LogP contribution in [0.3, 0.4) is 0 Å². The predicted molar refractivity (Wildman–Crippen MR) is 106 cm³/mol. The van der Waals surface area contributed by atoms with Crippen molar-refractivity contribution in [1.29, 1.82) is 0 Å². The van der Waals surface area contributed by atoms with Gasteiger partial charge in [0, 0.05) is 31.0 Å². The normalized spacial score (nSPS) is 24.6. The molecule has 150 valence electrons. The zero-order valence-electron chi connectivity index (χ0n) is 16.1. The van der Waals surface area contributed by atoms with Crippen LogP contribution in [0, 0.1) is 18.7 Å². The van der Waals surface area contributed by atoms with Gasteiger partial charge in [0.25, 0.3) is 0 Å². The third-order valence-electron chi connectivity index (χ3n) is 5.94. The highest BCUT2D eigenvalue weighted by Gasteiger charge is 2.57. The van der Waals surface area contributed by atoms with Gasteiger partial charge in [0.05, 0.1) is 18.6 Å². The molecule has 2 aliphatic heterocycles. The lowest BCUT2D eigenvalue weighted by Gasteiger charge is -2.29. The first-order valence-electron chi connectivity index (χ1n) is 9.58. The maximum Gasteiger partial charge on any atom is 0.322 e. The summed E-state index contributed by atoms with van der Waals surface area (Å²) in [5.74, 6) is 0.444. The summed E-state index contributed by atoms with van der Waals surface area (Å²) in [4.78, 5) is 36.9. The molecule has 0 saturated carbocycles. The molecule has 3 aliphatic rings. The Morgan fingerprint density at radius 2 is 2.10 bits per heavy atom. The number of carbonyl (C=O) groups excluding carboxylic acids is 2. The molecule has 7 nitrogen and oxygen atoms in total. The molecule has 1 N–H and O–H groups in total. The van der Waals surface area contributed by atoms with Gasteiger partial charge in [-0.05, 0) is 36.3 Å². The van der Waals surface area contributed by atoms with E-state index in [1.54, 1.807) is 6.07 Å². The molecule has 3 heterocycles. The van der Waals surface area contributed by atoms with Gasteiger partial charge in [0.1, 0.15) is 18.2 Å². The molecule has 0 bridgehead atoms. The van der Waals surface area contributed by atoms with Crippen molar-refractivity contribution in [2.45, 2.75) is 32.5 Å². The lowest BCUT2D eigenvalue weighted by atomic mass is 9.97. The van der Waals surface area contributed by atoms with Crippen LogP contribution in [0.2, 0.25) is 0 Å². The quantitative estimate of drug-likeness (QED) is 0.811. The number of amides is 3. The third-order valence-corrected chi connectivity index (χ3v) is 5.94. The lowest BCUT2D eigenvalue weighted by Crippen LogP contribution is -2.43. The predicted octanol–water partition coefficient (Wildman–Crippen LogP) is 2.83. The summed E-state index contributed by atoms with van der Waals surface area (Å²) in [6, 6.07) is 4.05. The van der Waals surface area contributed by atoms with E-state index in [2.05, 4.69) is 28.3 Å². The molecular weight excluding hydrogens is 373 g/mol. The van der Waals surface area contributed by atoms with E-state index in [0.29, 0.717) is 11.3 Å². The molecule has 0 radical (unpaired) electrons. The second kappa shape index (κ2) is 6.37. The van der Waals surface area contributed by atoms with Crippen LogP contribution in [-0.4, -0.2) is 50.3 Å². The first-order chi connectivity index (χ1) is 13.9. The molecule has 1 aromatic heterocycles. The van der Waals surface area contributed by atoms with Gasteiger partial charge < -0.3 is 15.1 Å². The van der Waals surface area contributed by atoms with E-state index in [-0.39, 0.29) is 50.3 Å². The zero-order valence-corrected chi connectivity index (χ0v) is 16.1. The summed E-state index contributed by atoms with van der Waals surface area (Å²) in [5, 5.41) is 2.72. The maximum atomic E-state index is 13.5. The van der Waals surface area contributed by atoms with E-state index in [1.807, 2.05) is 24.2 Å². The number of urea groups is 1. The number of nitrogens with zero attached hydrogens (tertiary/aromatic N) is 4. The average molecular weight is 395 g/mol. The Bertz CT molecular complexity index is 1060. The molecule has 1 aliphatic carbocycles. The molecule has 2 aromatic rings. The minimum absolute atomic E-state index is 0. The van der Waals surface area contributed by atoms with Crippen molar-refractivity contribution >= 4 is 23.2 Å². The minimum atomic E-state index is -0.363. The summed E-state index contributed by atoms with van der Waals surface area (Å²) in [6.45, 7) is 4.12. The maximum absolute atomic E-state index is 13.5. The number of rotatable bonds is 3. The molecule has 1 aromatic carbocycles. The SMILES string of the molecule is Cc1ncc(C2=C[C@@H]3C([C@@H]2C)N3C(=O)CN2Cc3cc(F)ccc3NC2=O)cn1.[HH]. The fourth-order valence-corrected chi connectivity index (χ4v) is 4.40. The van der Waals surface area contributed by atoms with Crippen molar-refractivity contribution in [3.05, 3.63) is 59.4 Å². The fourth-order valence-electron chi connectivity index (χ4n) is 4.40. The van der Waals surface area contributed by atoms with E-state index >= 15 is 0 Å². The zero-order chi connectivity index (χ0) is 20.3. The number of halogens is 1. The third kappa shape index (κ3) is 2.95. The number of carbonyl (C=O) groups is 2. The van der Waals surface area contributed by atoms with Crippen LogP contribution in [0.4, 0.5) is 14.9 Å². The summed E-state index contributed by atoms with van der Waals surface area (Å²) >= 11 is 0. The van der Waals surface area contributed by atoms with Gasteiger partial charge in [0.15, 0.2) is 0 Å². The van der Waals surface area contributed by atoms with E-state index < -0.39 is 0 Å². The van der Waals surface area contributed by atoms with Crippen LogP contribution in [0.1, 0.15) is 25.3 Å². The number of hydrogen-bond donors (Lipinski definition) is 1. The van der Waals surface area contributed by atoms with E-state index in [9.17, 15) is 14.0 Å². The number of benzene rings is 1. The van der Waals surface area contributed by atoms with Gasteiger partial charge in [0.2, 0.25) is 5.91 Å². The molecule has 1 unspecified atom stereocenters. The monoisotopic (exact) mass is 395 g/mol. The van der Waals surface area contributed by atoms with Crippen LogP contribution in [-0.2, 0) is 11.3 Å². The minimum Gasteiger partial charge on any atom is -0.327 e. The largest absolute Gasteiger partial charge is 0.327 e. The Morgan fingerprint density at radius 3 is 2.79 bits per heavy atom. The topological polar surface area (TPSA) is 78.2 Å². The van der Waals surface area contributed by atoms with E-state index in [1.165, 1.54) is 17.0 Å². The molecule has 0 spiro atoms. The van der Waals surface area contributed by atoms with Crippen LogP contribution < -0.4 is 5.32 Å². The smallest absolute Gasteiger partial charge is 0.322 e. The first-order valence-corrected chi connectivity index (χ1v) is 9.58. The van der Waals surface area contributed by atoms with E-state index in [0.717, 1.165) is 17.0 Å². The number of aromatic nitrogens is 2. The molecule has 5 rings (SSSR count). The summed E-state index contributed by atoms with van der Waals surface area (Å²) in [6.07, 6.45) is 5.73. The van der Waals surface area contributed by atoms with E-state index in [4.69, 9.17) is 0 Å². The second-order valence-corrected chi connectivity index (χ2v) is 7.80. The van der Waals surface area contributed by atoms with Gasteiger partial charge in [-0.15, -0.1) is 0 Å². The fraction of sp³-hybridized carbons (Fsp3) is 0.333. The summed E-state index contributed by atoms with van der Waals surface area (Å²) in [5.41, 5.74) is 3.39. The number of hydrogen-bond acceptors (Lipinski definition) is 4. The average Bonchev–Trinajstić information content (AvgIpc) is 3.32. The molecule has 1 saturated heterocycles. The van der Waals surface area contributed by atoms with Crippen molar-refractivity contribution in [3.63, 3.8) is 0 Å². The van der Waals surface area contributed by atoms with Gasteiger partial charge in [-0.1, -0.05) is 13.0 Å². The molecule has 8 heteroatoms. The van der Waals surface area contributed by atoms with Crippen molar-refractivity contribution in [3.8, 4) is 0 Å². The van der Waals surface area contributed by atoms with Gasteiger partial charge >= 0.3 is 6.03 Å². The van der Waals surface area contributed by atoms with Gasteiger partial charge in [-0.2, -0.15) is 0 Å². The molecule has 3 amide bonds. The number of aryl methyl sites for hydroxylation is 1. The molecule has 29 heavy (non-hydrogen) atoms. The molecule has 3 atom stereocenters. The standard InChI is InChI=1S/C21H20FN5O2.H2/c1-11-16(14-7-23-12(2)24-8-14)6-18-20(11)27(18)19(28)10-26-9-13-5-15(22)3-4-17(13)25-21(26)29;/h3-8,11,18,20H,9-10H2,1-2H3,(H,25,29);1H/t11-,18-,20?,27?;/m1./s1. The number of nitrogens with one attached hydrogen (secondary N) is 1. The highest BCUT2D eigenvalue weighted by molar-refractivity contribution is 5.95. The summed E-state index contributed by atoms with van der Waals surface area (Å²) < 4.78 is 13.5. The number of anilines is 1. The Labute approximate surface area is 168 Å². The summed E-state index contributed by atoms with van der Waals surface area (Å²) in [7, 11) is 0. The van der Waals surface area contributed by atoms with Crippen molar-refractivity contribution in [2.24, 2.45) is 5.92 Å². The van der Waals surface area contributed by atoms with Gasteiger partial charge in [-0.3, -0.25) is 4.79 Å². The molecular formula is C21H22FN5O2. The first kappa shape index (κ1) is 17.8. The second-order valence-electron chi connectivity index (χ2n) is 7.80. The van der Waals surface area contributed by atoms with Gasteiger partial charge in [-0.25, -0.2) is 19.2 Å². The molecule has 1 fully saturated rings. The van der Waals surface area contributed by atoms with Crippen LogP contribution in [0.5, 0.6) is 0 Å². The Kier molecular flexibility index (Phi) is 3.90. The lowest BCUT2D eigenvalue weighted by molar-refractivity contribution is -0.127. The highest BCUT2D eigenvalue weighted by atomic mass is 19.1. The van der Waals surface area contributed by atoms with Crippen LogP contribution in [0.15, 0.2) is 36.7 Å².